The Labute approximate surface area is 179 Å². The summed E-state index contributed by atoms with van der Waals surface area (Å²) in [5.41, 5.74) is 1.91. The molecule has 30 heavy (non-hydrogen) atoms. The Bertz CT molecular complexity index is 1080. The number of amides is 2. The molecule has 8 heteroatoms. The predicted molar refractivity (Wildman–Crippen MR) is 119 cm³/mol. The molecule has 1 aliphatic rings. The summed E-state index contributed by atoms with van der Waals surface area (Å²) in [6, 6.07) is 13.7. The number of rotatable bonds is 8. The number of hydrogen-bond acceptors (Lipinski definition) is 5. The van der Waals surface area contributed by atoms with Gasteiger partial charge in [0.2, 0.25) is 5.91 Å². The highest BCUT2D eigenvalue weighted by Crippen LogP contribution is 2.34. The highest BCUT2D eigenvalue weighted by atomic mass is 32.2. The molecule has 4 rings (SSSR count). The highest BCUT2D eigenvalue weighted by Gasteiger charge is 2.25. The van der Waals surface area contributed by atoms with Crippen molar-refractivity contribution in [3.05, 3.63) is 53.7 Å². The van der Waals surface area contributed by atoms with Crippen molar-refractivity contribution in [1.82, 2.24) is 15.1 Å². The zero-order chi connectivity index (χ0) is 20.9. The Balaban J connectivity index is 1.42. The zero-order valence-electron chi connectivity index (χ0n) is 16.8. The van der Waals surface area contributed by atoms with E-state index in [0.29, 0.717) is 18.1 Å². The lowest BCUT2D eigenvalue weighted by atomic mass is 10.1. The number of nitrogens with one attached hydrogen (secondary N) is 2. The van der Waals surface area contributed by atoms with Crippen LogP contribution in [0.2, 0.25) is 0 Å². The maximum Gasteiger partial charge on any atom is 0.263 e. The van der Waals surface area contributed by atoms with Crippen molar-refractivity contribution < 1.29 is 14.3 Å². The van der Waals surface area contributed by atoms with Gasteiger partial charge in [-0.15, -0.1) is 0 Å². The van der Waals surface area contributed by atoms with Gasteiger partial charge in [-0.25, -0.2) is 4.68 Å². The number of thioether (sulfide) groups is 1. The molecule has 0 unspecified atom stereocenters. The van der Waals surface area contributed by atoms with Gasteiger partial charge in [-0.05, 0) is 29.3 Å². The summed E-state index contributed by atoms with van der Waals surface area (Å²) < 4.78 is 7.28. The molecule has 2 heterocycles. The van der Waals surface area contributed by atoms with Gasteiger partial charge < -0.3 is 15.4 Å². The molecule has 0 spiro atoms. The van der Waals surface area contributed by atoms with Crippen LogP contribution in [-0.2, 0) is 27.6 Å². The Morgan fingerprint density at radius 2 is 1.97 bits per heavy atom. The monoisotopic (exact) mass is 424 g/mol. The molecule has 1 aliphatic heterocycles. The quantitative estimate of drug-likeness (QED) is 0.579. The minimum atomic E-state index is -0.280. The Morgan fingerprint density at radius 3 is 2.80 bits per heavy atom. The van der Waals surface area contributed by atoms with Crippen LogP contribution in [0.3, 0.4) is 0 Å². The molecule has 2 N–H and O–H groups in total. The summed E-state index contributed by atoms with van der Waals surface area (Å²) in [7, 11) is 0. The second kappa shape index (κ2) is 9.21. The summed E-state index contributed by atoms with van der Waals surface area (Å²) in [6.07, 6.45) is 0.869. The van der Waals surface area contributed by atoms with Crippen molar-refractivity contribution in [2.45, 2.75) is 31.4 Å². The number of carbonyl (C=O) groups is 2. The maximum absolute atomic E-state index is 12.6. The van der Waals surface area contributed by atoms with E-state index in [-0.39, 0.29) is 25.0 Å². The molecule has 0 aliphatic carbocycles. The molecule has 2 amide bonds. The molecule has 1 aromatic heterocycles. The van der Waals surface area contributed by atoms with Crippen LogP contribution in [-0.4, -0.2) is 34.7 Å². The van der Waals surface area contributed by atoms with Crippen LogP contribution in [0.4, 0.5) is 5.82 Å². The van der Waals surface area contributed by atoms with Gasteiger partial charge in [0.25, 0.3) is 5.91 Å². The molecule has 2 aromatic carbocycles. The fourth-order valence-electron chi connectivity index (χ4n) is 3.35. The first-order valence-electron chi connectivity index (χ1n) is 9.98. The number of carbonyl (C=O) groups excluding carboxylic acids is 2. The smallest absolute Gasteiger partial charge is 0.263 e. The molecule has 0 radical (unpaired) electrons. The van der Waals surface area contributed by atoms with Gasteiger partial charge in [0, 0.05) is 23.6 Å². The molecule has 0 saturated heterocycles. The van der Waals surface area contributed by atoms with E-state index >= 15 is 0 Å². The largest absolute Gasteiger partial charge is 0.484 e. The van der Waals surface area contributed by atoms with E-state index in [9.17, 15) is 9.59 Å². The second-order valence-corrected chi connectivity index (χ2v) is 8.11. The number of fused-ring (bicyclic) bond motifs is 2. The van der Waals surface area contributed by atoms with Gasteiger partial charge in [-0.1, -0.05) is 37.3 Å². The van der Waals surface area contributed by atoms with Crippen LogP contribution < -0.4 is 15.4 Å². The third-order valence-electron chi connectivity index (χ3n) is 4.83. The number of benzene rings is 2. The van der Waals surface area contributed by atoms with Gasteiger partial charge in [-0.3, -0.25) is 9.59 Å². The third kappa shape index (κ3) is 4.59. The zero-order valence-corrected chi connectivity index (χ0v) is 17.6. The van der Waals surface area contributed by atoms with Crippen molar-refractivity contribution in [1.29, 1.82) is 0 Å². The van der Waals surface area contributed by atoms with E-state index in [4.69, 9.17) is 4.74 Å². The van der Waals surface area contributed by atoms with E-state index in [1.807, 2.05) is 49.4 Å². The molecule has 0 saturated carbocycles. The van der Waals surface area contributed by atoms with Gasteiger partial charge in [0.15, 0.2) is 6.61 Å². The van der Waals surface area contributed by atoms with Crippen LogP contribution in [0.5, 0.6) is 5.75 Å². The molecular weight excluding hydrogens is 400 g/mol. The van der Waals surface area contributed by atoms with E-state index in [1.54, 1.807) is 16.4 Å². The summed E-state index contributed by atoms with van der Waals surface area (Å²) in [6.45, 7) is 2.59. The van der Waals surface area contributed by atoms with Crippen molar-refractivity contribution in [2.75, 3.05) is 18.5 Å². The predicted octanol–water partition coefficient (Wildman–Crippen LogP) is 3.33. The fraction of sp³-hybridized carbons (Fsp3) is 0.318. The van der Waals surface area contributed by atoms with Gasteiger partial charge >= 0.3 is 0 Å². The summed E-state index contributed by atoms with van der Waals surface area (Å²) in [5.74, 6) is 2.39. The number of nitrogens with zero attached hydrogens (tertiary/aromatic N) is 2. The van der Waals surface area contributed by atoms with E-state index in [2.05, 4.69) is 15.7 Å². The van der Waals surface area contributed by atoms with Crippen LogP contribution in [0, 0.1) is 0 Å². The topological polar surface area (TPSA) is 85.3 Å². The first-order chi connectivity index (χ1) is 14.6. The van der Waals surface area contributed by atoms with Crippen LogP contribution in [0.25, 0.3) is 10.8 Å². The van der Waals surface area contributed by atoms with Gasteiger partial charge in [0.1, 0.15) is 18.1 Å². The molecule has 156 valence electrons. The first-order valence-corrected chi connectivity index (χ1v) is 11.1. The Morgan fingerprint density at radius 1 is 1.13 bits per heavy atom. The molecule has 0 atom stereocenters. The van der Waals surface area contributed by atoms with E-state index in [0.717, 1.165) is 40.0 Å². The highest BCUT2D eigenvalue weighted by molar-refractivity contribution is 7.98. The molecular formula is C22H24N4O3S. The summed E-state index contributed by atoms with van der Waals surface area (Å²) in [5, 5.41) is 12.4. The standard InChI is InChI=1S/C22H24N4O3S/c1-2-9-23-20(27)11-26-22(18-13-30-14-19(18)25-26)24-21(28)12-29-17-8-7-15-5-3-4-6-16(15)10-17/h3-8,10H,2,9,11-14H2,1H3,(H,23,27)(H,24,28). The lowest BCUT2D eigenvalue weighted by molar-refractivity contribution is -0.122. The number of aromatic nitrogens is 2. The summed E-state index contributed by atoms with van der Waals surface area (Å²) >= 11 is 1.74. The van der Waals surface area contributed by atoms with Gasteiger partial charge in [0.05, 0.1) is 5.69 Å². The minimum Gasteiger partial charge on any atom is -0.484 e. The first kappa shape index (κ1) is 20.3. The fourth-order valence-corrected chi connectivity index (χ4v) is 4.39. The molecule has 7 nitrogen and oxygen atoms in total. The van der Waals surface area contributed by atoms with Crippen molar-refractivity contribution in [3.63, 3.8) is 0 Å². The average Bonchev–Trinajstić information content (AvgIpc) is 3.33. The minimum absolute atomic E-state index is 0.0822. The van der Waals surface area contributed by atoms with Gasteiger partial charge in [-0.2, -0.15) is 16.9 Å². The number of anilines is 1. The molecule has 0 bridgehead atoms. The molecule has 3 aromatic rings. The normalized spacial score (nSPS) is 12.6. The van der Waals surface area contributed by atoms with E-state index < -0.39 is 0 Å². The lowest BCUT2D eigenvalue weighted by Gasteiger charge is -2.12. The Kier molecular flexibility index (Phi) is 6.23. The lowest BCUT2D eigenvalue weighted by Crippen LogP contribution is -2.30. The average molecular weight is 425 g/mol. The Hall–Kier alpha value is -3.00. The second-order valence-electron chi connectivity index (χ2n) is 7.12. The maximum atomic E-state index is 12.6. The summed E-state index contributed by atoms with van der Waals surface area (Å²) in [4.78, 5) is 24.7. The SMILES string of the molecule is CCCNC(=O)Cn1nc2c(c1NC(=O)COc1ccc3ccccc3c1)CSC2. The van der Waals surface area contributed by atoms with E-state index in [1.165, 1.54) is 0 Å². The van der Waals surface area contributed by atoms with Crippen LogP contribution >= 0.6 is 11.8 Å². The third-order valence-corrected chi connectivity index (χ3v) is 5.80. The van der Waals surface area contributed by atoms with Crippen LogP contribution in [0.1, 0.15) is 24.6 Å². The van der Waals surface area contributed by atoms with Crippen molar-refractivity contribution in [2.24, 2.45) is 0 Å². The van der Waals surface area contributed by atoms with Crippen LogP contribution in [0.15, 0.2) is 42.5 Å². The molecule has 0 fully saturated rings. The van der Waals surface area contributed by atoms with Crippen molar-refractivity contribution >= 4 is 40.2 Å². The number of ether oxygens (including phenoxy) is 1. The number of hydrogen-bond donors (Lipinski definition) is 2. The van der Waals surface area contributed by atoms with Crippen molar-refractivity contribution in [3.8, 4) is 5.75 Å².